The minimum absolute atomic E-state index is 0.0112. The Morgan fingerprint density at radius 3 is 2.78 bits per heavy atom. The summed E-state index contributed by atoms with van der Waals surface area (Å²) in [5.74, 6) is -0.107. The van der Waals surface area contributed by atoms with E-state index in [0.717, 1.165) is 0 Å². The summed E-state index contributed by atoms with van der Waals surface area (Å²) in [6, 6.07) is 4.43. The fourth-order valence-corrected chi connectivity index (χ4v) is 2.17. The van der Waals surface area contributed by atoms with Crippen molar-refractivity contribution in [3.8, 4) is 5.75 Å². The van der Waals surface area contributed by atoms with Crippen molar-refractivity contribution in [3.63, 3.8) is 0 Å². The monoisotopic (exact) mass is 271 g/mol. The smallest absolute Gasteiger partial charge is 0.304 e. The molecule has 1 aromatic rings. The predicted molar refractivity (Wildman–Crippen MR) is 67.2 cm³/mol. The molecule has 1 rings (SSSR count). The molecule has 0 bridgehead atoms. The summed E-state index contributed by atoms with van der Waals surface area (Å²) < 4.78 is 5.23. The number of carboxylic acid groups (broad SMARTS) is 1. The van der Waals surface area contributed by atoms with Crippen LogP contribution in [0.2, 0.25) is 0 Å². The molecule has 0 amide bonds. The summed E-state index contributed by atoms with van der Waals surface area (Å²) in [5.41, 5.74) is -0.0567. The molecule has 98 valence electrons. The van der Waals surface area contributed by atoms with Gasteiger partial charge >= 0.3 is 5.97 Å². The van der Waals surface area contributed by atoms with Crippen LogP contribution >= 0.6 is 11.8 Å². The number of nitrogens with zero attached hydrogens (tertiary/aromatic N) is 1. The Bertz CT molecular complexity index is 449. The van der Waals surface area contributed by atoms with Gasteiger partial charge < -0.3 is 9.84 Å². The zero-order chi connectivity index (χ0) is 13.5. The Balaban J connectivity index is 2.82. The summed E-state index contributed by atoms with van der Waals surface area (Å²) in [5, 5.41) is 19.3. The van der Waals surface area contributed by atoms with Crippen LogP contribution in [-0.4, -0.2) is 28.4 Å². The normalized spacial score (nSPS) is 10.1. The Labute approximate surface area is 108 Å². The van der Waals surface area contributed by atoms with Crippen LogP contribution in [0.15, 0.2) is 23.1 Å². The maximum atomic E-state index is 10.7. The lowest BCUT2D eigenvalue weighted by molar-refractivity contribution is -0.385. The second-order valence-corrected chi connectivity index (χ2v) is 4.51. The molecule has 0 aliphatic heterocycles. The minimum Gasteiger partial charge on any atom is -0.494 e. The van der Waals surface area contributed by atoms with Gasteiger partial charge in [-0.2, -0.15) is 0 Å². The highest BCUT2D eigenvalue weighted by atomic mass is 32.2. The topological polar surface area (TPSA) is 89.7 Å². The molecule has 1 N–H and O–H groups in total. The van der Waals surface area contributed by atoms with E-state index in [2.05, 4.69) is 0 Å². The van der Waals surface area contributed by atoms with Crippen molar-refractivity contribution < 1.29 is 19.6 Å². The number of non-ortho nitro benzene ring substituents is 1. The van der Waals surface area contributed by atoms with E-state index in [4.69, 9.17) is 9.84 Å². The molecule has 0 aliphatic carbocycles. The summed E-state index contributed by atoms with van der Waals surface area (Å²) in [4.78, 5) is 21.3. The van der Waals surface area contributed by atoms with E-state index < -0.39 is 10.9 Å². The Morgan fingerprint density at radius 2 is 2.22 bits per heavy atom. The van der Waals surface area contributed by atoms with Gasteiger partial charge in [0.25, 0.3) is 5.69 Å². The van der Waals surface area contributed by atoms with Crippen LogP contribution < -0.4 is 4.74 Å². The van der Waals surface area contributed by atoms with Gasteiger partial charge in [0.2, 0.25) is 0 Å². The first-order valence-corrected chi connectivity index (χ1v) is 6.28. The third kappa shape index (κ3) is 4.62. The zero-order valence-corrected chi connectivity index (χ0v) is 10.6. The van der Waals surface area contributed by atoms with Crippen molar-refractivity contribution >= 4 is 23.4 Å². The Morgan fingerprint density at radius 1 is 1.50 bits per heavy atom. The molecule has 0 spiro atoms. The average Bonchev–Trinajstić information content (AvgIpc) is 2.28. The number of carbonyl (C=O) groups is 1. The van der Waals surface area contributed by atoms with E-state index in [1.54, 1.807) is 13.0 Å². The second-order valence-electron chi connectivity index (χ2n) is 3.34. The molecule has 0 fully saturated rings. The second kappa shape index (κ2) is 6.85. The molecule has 0 aromatic heterocycles. The SMILES string of the molecule is CCOc1cc(SCCC(=O)O)cc([N+](=O)[O-])c1. The summed E-state index contributed by atoms with van der Waals surface area (Å²) in [6.07, 6.45) is 0.0112. The Hall–Kier alpha value is -1.76. The van der Waals surface area contributed by atoms with E-state index >= 15 is 0 Å². The van der Waals surface area contributed by atoms with Crippen LogP contribution in [0, 0.1) is 10.1 Å². The number of hydrogen-bond donors (Lipinski definition) is 1. The highest BCUT2D eigenvalue weighted by Gasteiger charge is 2.11. The molecule has 0 heterocycles. The van der Waals surface area contributed by atoms with Crippen molar-refractivity contribution in [2.75, 3.05) is 12.4 Å². The molecular formula is C11H13NO5S. The van der Waals surface area contributed by atoms with E-state index in [1.165, 1.54) is 23.9 Å². The highest BCUT2D eigenvalue weighted by Crippen LogP contribution is 2.29. The van der Waals surface area contributed by atoms with Gasteiger partial charge in [0, 0.05) is 16.7 Å². The fourth-order valence-electron chi connectivity index (χ4n) is 1.25. The van der Waals surface area contributed by atoms with Gasteiger partial charge in [-0.15, -0.1) is 11.8 Å². The lowest BCUT2D eigenvalue weighted by atomic mass is 10.3. The number of nitro groups is 1. The average molecular weight is 271 g/mol. The first-order valence-electron chi connectivity index (χ1n) is 5.29. The molecule has 0 radical (unpaired) electrons. The fraction of sp³-hybridized carbons (Fsp3) is 0.364. The highest BCUT2D eigenvalue weighted by molar-refractivity contribution is 7.99. The summed E-state index contributed by atoms with van der Waals surface area (Å²) >= 11 is 1.26. The van der Waals surface area contributed by atoms with Gasteiger partial charge in [-0.05, 0) is 13.0 Å². The van der Waals surface area contributed by atoms with Gasteiger partial charge in [0.05, 0.1) is 24.0 Å². The molecule has 0 saturated heterocycles. The van der Waals surface area contributed by atoms with E-state index in [1.807, 2.05) is 0 Å². The van der Waals surface area contributed by atoms with Gasteiger partial charge in [-0.1, -0.05) is 0 Å². The van der Waals surface area contributed by atoms with Gasteiger partial charge in [-0.3, -0.25) is 14.9 Å². The van der Waals surface area contributed by atoms with Crippen LogP contribution in [0.4, 0.5) is 5.69 Å². The van der Waals surface area contributed by atoms with Crippen molar-refractivity contribution in [3.05, 3.63) is 28.3 Å². The lowest BCUT2D eigenvalue weighted by Gasteiger charge is -2.06. The number of rotatable bonds is 7. The van der Waals surface area contributed by atoms with Crippen LogP contribution in [0.25, 0.3) is 0 Å². The van der Waals surface area contributed by atoms with Crippen LogP contribution in [0.1, 0.15) is 13.3 Å². The zero-order valence-electron chi connectivity index (χ0n) is 9.79. The number of aliphatic carboxylic acids is 1. The third-order valence-corrected chi connectivity index (χ3v) is 2.95. The lowest BCUT2D eigenvalue weighted by Crippen LogP contribution is -1.97. The van der Waals surface area contributed by atoms with Crippen molar-refractivity contribution in [2.45, 2.75) is 18.2 Å². The molecule has 0 unspecified atom stereocenters. The number of thioether (sulfide) groups is 1. The van der Waals surface area contributed by atoms with Crippen molar-refractivity contribution in [1.29, 1.82) is 0 Å². The van der Waals surface area contributed by atoms with Gasteiger partial charge in [0.15, 0.2) is 0 Å². The van der Waals surface area contributed by atoms with E-state index in [9.17, 15) is 14.9 Å². The number of nitro benzene ring substituents is 1. The standard InChI is InChI=1S/C11H13NO5S/c1-2-17-9-5-8(12(15)16)6-10(7-9)18-4-3-11(13)14/h5-7H,2-4H2,1H3,(H,13,14). The quantitative estimate of drug-likeness (QED) is 0.465. The van der Waals surface area contributed by atoms with E-state index in [0.29, 0.717) is 23.0 Å². The van der Waals surface area contributed by atoms with Crippen LogP contribution in [-0.2, 0) is 4.79 Å². The van der Waals surface area contributed by atoms with E-state index in [-0.39, 0.29) is 12.1 Å². The Kier molecular flexibility index (Phi) is 5.44. The van der Waals surface area contributed by atoms with Gasteiger partial charge in [-0.25, -0.2) is 0 Å². The molecule has 1 aromatic carbocycles. The molecular weight excluding hydrogens is 258 g/mol. The number of carboxylic acids is 1. The first kappa shape index (κ1) is 14.3. The predicted octanol–water partition coefficient (Wildman–Crippen LogP) is 2.56. The molecule has 7 heteroatoms. The van der Waals surface area contributed by atoms with Crippen molar-refractivity contribution in [2.24, 2.45) is 0 Å². The number of hydrogen-bond acceptors (Lipinski definition) is 5. The van der Waals surface area contributed by atoms with Gasteiger partial charge in [0.1, 0.15) is 5.75 Å². The third-order valence-electron chi connectivity index (χ3n) is 1.97. The maximum absolute atomic E-state index is 10.7. The number of ether oxygens (including phenoxy) is 1. The van der Waals surface area contributed by atoms with Crippen molar-refractivity contribution in [1.82, 2.24) is 0 Å². The number of benzene rings is 1. The molecule has 18 heavy (non-hydrogen) atoms. The molecule has 0 saturated carbocycles. The molecule has 0 atom stereocenters. The first-order chi connectivity index (χ1) is 8.52. The maximum Gasteiger partial charge on any atom is 0.304 e. The summed E-state index contributed by atoms with van der Waals surface area (Å²) in [7, 11) is 0. The van der Waals surface area contributed by atoms with Crippen LogP contribution in [0.3, 0.4) is 0 Å². The molecule has 6 nitrogen and oxygen atoms in total. The van der Waals surface area contributed by atoms with Crippen LogP contribution in [0.5, 0.6) is 5.75 Å². The summed E-state index contributed by atoms with van der Waals surface area (Å²) in [6.45, 7) is 2.20. The largest absolute Gasteiger partial charge is 0.494 e. The molecule has 0 aliphatic rings. The minimum atomic E-state index is -0.891.